The summed E-state index contributed by atoms with van der Waals surface area (Å²) < 4.78 is 0. The summed E-state index contributed by atoms with van der Waals surface area (Å²) in [7, 11) is 0. The van der Waals surface area contributed by atoms with E-state index < -0.39 is 0 Å². The number of carbonyl (C=O) groups is 3. The third kappa shape index (κ3) is 11.2. The number of nitrogen functional groups attached to an aromatic ring is 1. The lowest BCUT2D eigenvalue weighted by molar-refractivity contribution is -0.124. The van der Waals surface area contributed by atoms with Gasteiger partial charge < -0.3 is 26.6 Å². The van der Waals surface area contributed by atoms with Gasteiger partial charge in [-0.3, -0.25) is 14.4 Å². The fourth-order valence-electron chi connectivity index (χ4n) is 7.42. The Balaban J connectivity index is 0.000000599. The zero-order valence-electron chi connectivity index (χ0n) is 31.3. The van der Waals surface area contributed by atoms with Gasteiger partial charge in [-0.2, -0.15) is 0 Å². The number of carbonyl (C=O) groups excluding carboxylic acids is 3. The number of unbranched alkanes of at least 4 members (excludes halogenated alkanes) is 2. The minimum absolute atomic E-state index is 0.0747. The number of hydrogen-bond donors (Lipinski definition) is 4. The molecule has 0 radical (unpaired) electrons. The van der Waals surface area contributed by atoms with E-state index >= 15 is 0 Å². The minimum Gasteiger partial charge on any atom is -0.399 e. The standard InChI is InChI=1S/C38H48N4O3.C6H6ClN/c1-26-8-7-9-34(24-26)36(30-18-22-39-23-19-30)38(45)41-21-6-4-5-20-40-37(44)31-14-12-29(13-15-31)32-16-17-35-33(25-32)11-10-27(2)42(35)28(3)43;7-5-1-3-6(8)4-2-5/h7-9,12-17,24-25,27,30,36,39H,4-6,10-11,18-23H2,1-3H3,(H,40,44)(H,41,45);1-4H,8H2/t27-,36?;/m0./s1. The van der Waals surface area contributed by atoms with Crippen molar-refractivity contribution < 1.29 is 14.4 Å². The number of halogens is 1. The van der Waals surface area contributed by atoms with Crippen LogP contribution in [0.5, 0.6) is 0 Å². The van der Waals surface area contributed by atoms with Crippen molar-refractivity contribution in [2.24, 2.45) is 5.92 Å². The number of hydrogen-bond acceptors (Lipinski definition) is 5. The fourth-order valence-corrected chi connectivity index (χ4v) is 7.55. The van der Waals surface area contributed by atoms with Gasteiger partial charge in [-0.1, -0.05) is 59.6 Å². The molecule has 4 aromatic rings. The van der Waals surface area contributed by atoms with Gasteiger partial charge in [-0.05, 0) is 149 Å². The van der Waals surface area contributed by atoms with Gasteiger partial charge in [0.25, 0.3) is 5.91 Å². The highest BCUT2D eigenvalue weighted by Gasteiger charge is 2.31. The Morgan fingerprint density at radius 1 is 0.849 bits per heavy atom. The number of benzene rings is 4. The molecule has 6 rings (SSSR count). The molecule has 3 amide bonds. The average molecular weight is 736 g/mol. The Labute approximate surface area is 319 Å². The van der Waals surface area contributed by atoms with Crippen LogP contribution >= 0.6 is 11.6 Å². The van der Waals surface area contributed by atoms with Crippen molar-refractivity contribution in [2.45, 2.75) is 77.7 Å². The van der Waals surface area contributed by atoms with E-state index in [-0.39, 0.29) is 29.7 Å². The molecule has 0 aromatic heterocycles. The first kappa shape index (κ1) is 39.5. The summed E-state index contributed by atoms with van der Waals surface area (Å²) in [5.74, 6) is 0.388. The molecule has 0 bridgehead atoms. The normalized spacial score (nSPS) is 16.1. The Morgan fingerprint density at radius 2 is 1.53 bits per heavy atom. The van der Waals surface area contributed by atoms with E-state index in [0.29, 0.717) is 24.6 Å². The zero-order chi connectivity index (χ0) is 37.7. The van der Waals surface area contributed by atoms with E-state index in [1.165, 1.54) is 11.1 Å². The first-order valence-electron chi connectivity index (χ1n) is 19.0. The van der Waals surface area contributed by atoms with Crippen LogP contribution in [0, 0.1) is 12.8 Å². The molecule has 53 heavy (non-hydrogen) atoms. The third-order valence-corrected chi connectivity index (χ3v) is 10.5. The first-order chi connectivity index (χ1) is 25.6. The fraction of sp³-hybridized carbons (Fsp3) is 0.386. The minimum atomic E-state index is -0.106. The summed E-state index contributed by atoms with van der Waals surface area (Å²) in [6.07, 6.45) is 6.61. The molecule has 280 valence electrons. The van der Waals surface area contributed by atoms with Crippen LogP contribution in [0.25, 0.3) is 11.1 Å². The highest BCUT2D eigenvalue weighted by molar-refractivity contribution is 6.30. The monoisotopic (exact) mass is 735 g/mol. The Morgan fingerprint density at radius 3 is 2.19 bits per heavy atom. The van der Waals surface area contributed by atoms with Gasteiger partial charge in [-0.25, -0.2) is 0 Å². The molecule has 2 atom stereocenters. The summed E-state index contributed by atoms with van der Waals surface area (Å²) in [6.45, 7) is 8.99. The van der Waals surface area contributed by atoms with Gasteiger partial charge in [0.15, 0.2) is 0 Å². The molecule has 9 heteroatoms. The van der Waals surface area contributed by atoms with Crippen LogP contribution in [-0.4, -0.2) is 49.9 Å². The summed E-state index contributed by atoms with van der Waals surface area (Å²) in [5, 5.41) is 10.4. The van der Waals surface area contributed by atoms with E-state index in [2.05, 4.69) is 66.2 Å². The second-order valence-electron chi connectivity index (χ2n) is 14.3. The molecule has 4 aromatic carbocycles. The average Bonchev–Trinajstić information content (AvgIpc) is 3.16. The molecule has 1 saturated heterocycles. The van der Waals surface area contributed by atoms with Crippen LogP contribution in [0.4, 0.5) is 11.4 Å². The van der Waals surface area contributed by atoms with Crippen molar-refractivity contribution in [1.29, 1.82) is 0 Å². The van der Waals surface area contributed by atoms with Gasteiger partial charge in [0.05, 0.1) is 5.92 Å². The number of nitrogens with one attached hydrogen (secondary N) is 3. The van der Waals surface area contributed by atoms with Crippen molar-refractivity contribution in [3.8, 4) is 11.1 Å². The lowest BCUT2D eigenvalue weighted by Gasteiger charge is -2.34. The van der Waals surface area contributed by atoms with Crippen molar-refractivity contribution in [3.63, 3.8) is 0 Å². The second-order valence-corrected chi connectivity index (χ2v) is 14.8. The molecule has 1 fully saturated rings. The number of nitrogens with two attached hydrogens (primary N) is 1. The Bertz CT molecular complexity index is 1800. The van der Waals surface area contributed by atoms with Gasteiger partial charge >= 0.3 is 0 Å². The molecule has 2 aliphatic rings. The van der Waals surface area contributed by atoms with Crippen LogP contribution < -0.4 is 26.6 Å². The van der Waals surface area contributed by atoms with Crippen molar-refractivity contribution >= 4 is 40.7 Å². The first-order valence-corrected chi connectivity index (χ1v) is 19.4. The van der Waals surface area contributed by atoms with Gasteiger partial charge in [-0.15, -0.1) is 0 Å². The molecule has 5 N–H and O–H groups in total. The van der Waals surface area contributed by atoms with E-state index in [4.69, 9.17) is 17.3 Å². The van der Waals surface area contributed by atoms with Crippen LogP contribution in [0.1, 0.15) is 85.3 Å². The highest BCUT2D eigenvalue weighted by Crippen LogP contribution is 2.35. The molecular weight excluding hydrogens is 682 g/mol. The van der Waals surface area contributed by atoms with E-state index in [1.54, 1.807) is 31.2 Å². The number of aryl methyl sites for hydroxylation is 2. The quantitative estimate of drug-likeness (QED) is 0.0919. The van der Waals surface area contributed by atoms with Gasteiger partial charge in [0.1, 0.15) is 0 Å². The summed E-state index contributed by atoms with van der Waals surface area (Å²) in [5.41, 5.74) is 13.4. The van der Waals surface area contributed by atoms with Crippen LogP contribution in [-0.2, 0) is 16.0 Å². The Kier molecular flexibility index (Phi) is 14.5. The molecule has 8 nitrogen and oxygen atoms in total. The zero-order valence-corrected chi connectivity index (χ0v) is 32.1. The smallest absolute Gasteiger partial charge is 0.251 e. The topological polar surface area (TPSA) is 117 Å². The predicted molar refractivity (Wildman–Crippen MR) is 217 cm³/mol. The maximum atomic E-state index is 13.3. The lowest BCUT2D eigenvalue weighted by Crippen LogP contribution is -2.40. The van der Waals surface area contributed by atoms with Crippen LogP contribution in [0.3, 0.4) is 0 Å². The highest BCUT2D eigenvalue weighted by atomic mass is 35.5. The molecule has 2 aliphatic heterocycles. The van der Waals surface area contributed by atoms with Gasteiger partial charge in [0, 0.05) is 48.0 Å². The molecule has 2 heterocycles. The van der Waals surface area contributed by atoms with E-state index in [0.717, 1.165) is 91.1 Å². The van der Waals surface area contributed by atoms with E-state index in [9.17, 15) is 14.4 Å². The molecule has 0 aliphatic carbocycles. The number of piperidine rings is 1. The molecular formula is C44H54ClN5O3. The van der Waals surface area contributed by atoms with Crippen molar-refractivity contribution in [3.05, 3.63) is 118 Å². The molecule has 0 spiro atoms. The third-order valence-electron chi connectivity index (χ3n) is 10.3. The van der Waals surface area contributed by atoms with Crippen LogP contribution in [0.2, 0.25) is 5.02 Å². The Hall–Kier alpha value is -4.66. The molecule has 1 unspecified atom stereocenters. The number of rotatable bonds is 11. The van der Waals surface area contributed by atoms with Crippen molar-refractivity contribution in [1.82, 2.24) is 16.0 Å². The number of fused-ring (bicyclic) bond motifs is 1. The number of nitrogens with zero attached hydrogens (tertiary/aromatic N) is 1. The van der Waals surface area contributed by atoms with Gasteiger partial charge in [0.2, 0.25) is 11.8 Å². The largest absolute Gasteiger partial charge is 0.399 e. The summed E-state index contributed by atoms with van der Waals surface area (Å²) in [4.78, 5) is 40.2. The number of amides is 3. The maximum Gasteiger partial charge on any atom is 0.251 e. The van der Waals surface area contributed by atoms with Crippen molar-refractivity contribution in [2.75, 3.05) is 36.8 Å². The predicted octanol–water partition coefficient (Wildman–Crippen LogP) is 8.07. The number of anilines is 2. The SMILES string of the molecule is CC(=O)N1c2ccc(-c3ccc(C(=O)NCCCCCNC(=O)C(c4cccc(C)c4)C4CCNCC4)cc3)cc2CC[C@@H]1C.Nc1ccc(Cl)cc1. The van der Waals surface area contributed by atoms with E-state index in [1.807, 2.05) is 35.2 Å². The second kappa shape index (κ2) is 19.4. The summed E-state index contributed by atoms with van der Waals surface area (Å²) >= 11 is 5.56. The summed E-state index contributed by atoms with van der Waals surface area (Å²) in [6, 6.07) is 29.6. The maximum absolute atomic E-state index is 13.3. The lowest BCUT2D eigenvalue weighted by atomic mass is 9.79. The molecule has 0 saturated carbocycles. The van der Waals surface area contributed by atoms with Crippen LogP contribution in [0.15, 0.2) is 91.0 Å².